The lowest BCUT2D eigenvalue weighted by atomic mass is 10.1. The first-order valence-corrected chi connectivity index (χ1v) is 5.79. The van der Waals surface area contributed by atoms with Gasteiger partial charge in [0.1, 0.15) is 17.9 Å². The number of aromatic nitrogens is 3. The number of halogens is 1. The predicted molar refractivity (Wildman–Crippen MR) is 62.8 cm³/mol. The largest absolute Gasteiger partial charge is 0.508 e. The monoisotopic (exact) mass is 262 g/mol. The van der Waals surface area contributed by atoms with Gasteiger partial charge in [-0.2, -0.15) is 0 Å². The van der Waals surface area contributed by atoms with E-state index in [0.717, 1.165) is 6.07 Å². The summed E-state index contributed by atoms with van der Waals surface area (Å²) in [5.74, 6) is -0.657. The van der Waals surface area contributed by atoms with Gasteiger partial charge in [0, 0.05) is 19.2 Å². The zero-order valence-corrected chi connectivity index (χ0v) is 9.95. The summed E-state index contributed by atoms with van der Waals surface area (Å²) in [5, 5.41) is 16.8. The van der Waals surface area contributed by atoms with Crippen LogP contribution in [0.15, 0.2) is 24.5 Å². The molecule has 1 aliphatic rings. The molecule has 0 atom stereocenters. The molecule has 0 fully saturated rings. The topological polar surface area (TPSA) is 71.2 Å². The van der Waals surface area contributed by atoms with Crippen molar-refractivity contribution in [3.05, 3.63) is 41.7 Å². The molecule has 2 aromatic rings. The Hall–Kier alpha value is -2.44. The van der Waals surface area contributed by atoms with Crippen molar-refractivity contribution in [1.29, 1.82) is 0 Å². The summed E-state index contributed by atoms with van der Waals surface area (Å²) in [6, 6.07) is 3.51. The molecule has 1 N–H and O–H groups in total. The van der Waals surface area contributed by atoms with E-state index >= 15 is 0 Å². The minimum Gasteiger partial charge on any atom is -0.508 e. The summed E-state index contributed by atoms with van der Waals surface area (Å²) in [6.07, 6.45) is 1.61. The molecule has 0 bridgehead atoms. The number of aromatic hydroxyl groups is 1. The van der Waals surface area contributed by atoms with Crippen LogP contribution in [0.3, 0.4) is 0 Å². The molecule has 0 saturated carbocycles. The van der Waals surface area contributed by atoms with E-state index in [9.17, 15) is 9.18 Å². The number of hydrogen-bond donors (Lipinski definition) is 1. The smallest absolute Gasteiger partial charge is 0.257 e. The Morgan fingerprint density at radius 1 is 1.37 bits per heavy atom. The molecule has 0 spiro atoms. The van der Waals surface area contributed by atoms with Crippen molar-refractivity contribution < 1.29 is 14.3 Å². The maximum absolute atomic E-state index is 13.7. The van der Waals surface area contributed by atoms with Gasteiger partial charge in [0.15, 0.2) is 5.82 Å². The summed E-state index contributed by atoms with van der Waals surface area (Å²) in [4.78, 5) is 13.7. The Morgan fingerprint density at radius 2 is 2.21 bits per heavy atom. The van der Waals surface area contributed by atoms with E-state index in [1.54, 1.807) is 6.33 Å². The van der Waals surface area contributed by atoms with E-state index in [1.165, 1.54) is 17.0 Å². The van der Waals surface area contributed by atoms with Crippen molar-refractivity contribution in [2.24, 2.45) is 0 Å². The SMILES string of the molecule is O=C(c1ccc(O)cc1F)N1CCn2cnnc2C1. The zero-order chi connectivity index (χ0) is 13.4. The molecular weight excluding hydrogens is 251 g/mol. The van der Waals surface area contributed by atoms with Crippen LogP contribution < -0.4 is 0 Å². The first-order chi connectivity index (χ1) is 9.15. The van der Waals surface area contributed by atoms with Gasteiger partial charge in [-0.1, -0.05) is 0 Å². The molecule has 0 saturated heterocycles. The number of amides is 1. The Kier molecular flexibility index (Phi) is 2.66. The zero-order valence-electron chi connectivity index (χ0n) is 9.95. The maximum Gasteiger partial charge on any atom is 0.257 e. The Morgan fingerprint density at radius 3 is 3.00 bits per heavy atom. The Labute approximate surface area is 108 Å². The molecule has 7 heteroatoms. The van der Waals surface area contributed by atoms with Crippen molar-refractivity contribution in [3.63, 3.8) is 0 Å². The molecule has 0 unspecified atom stereocenters. The average Bonchev–Trinajstić information content (AvgIpc) is 2.85. The number of nitrogens with zero attached hydrogens (tertiary/aromatic N) is 4. The van der Waals surface area contributed by atoms with E-state index in [4.69, 9.17) is 5.11 Å². The Balaban J connectivity index is 1.85. The van der Waals surface area contributed by atoms with Crippen LogP contribution in [0, 0.1) is 5.82 Å². The van der Waals surface area contributed by atoms with Crippen molar-refractivity contribution >= 4 is 5.91 Å². The molecule has 1 aromatic heterocycles. The second kappa shape index (κ2) is 4.34. The third-order valence-corrected chi connectivity index (χ3v) is 3.11. The summed E-state index contributed by atoms with van der Waals surface area (Å²) < 4.78 is 15.5. The van der Waals surface area contributed by atoms with Crippen molar-refractivity contribution in [1.82, 2.24) is 19.7 Å². The van der Waals surface area contributed by atoms with Gasteiger partial charge in [0.05, 0.1) is 12.1 Å². The second-order valence-corrected chi connectivity index (χ2v) is 4.33. The van der Waals surface area contributed by atoms with Crippen LogP contribution in [-0.4, -0.2) is 37.2 Å². The summed E-state index contributed by atoms with van der Waals surface area (Å²) in [7, 11) is 0. The lowest BCUT2D eigenvalue weighted by molar-refractivity contribution is 0.0702. The highest BCUT2D eigenvalue weighted by atomic mass is 19.1. The minimum atomic E-state index is -0.725. The van der Waals surface area contributed by atoms with E-state index < -0.39 is 11.7 Å². The van der Waals surface area contributed by atoms with Crippen LogP contribution in [0.25, 0.3) is 0 Å². The predicted octanol–water partition coefficient (Wildman–Crippen LogP) is 0.779. The normalized spacial score (nSPS) is 14.3. The first-order valence-electron chi connectivity index (χ1n) is 5.79. The third-order valence-electron chi connectivity index (χ3n) is 3.11. The highest BCUT2D eigenvalue weighted by molar-refractivity contribution is 5.94. The van der Waals surface area contributed by atoms with Gasteiger partial charge < -0.3 is 14.6 Å². The molecule has 3 rings (SSSR count). The molecule has 19 heavy (non-hydrogen) atoms. The fourth-order valence-electron chi connectivity index (χ4n) is 2.09. The summed E-state index contributed by atoms with van der Waals surface area (Å²) >= 11 is 0. The van der Waals surface area contributed by atoms with Crippen molar-refractivity contribution in [2.75, 3.05) is 6.54 Å². The highest BCUT2D eigenvalue weighted by Crippen LogP contribution is 2.19. The van der Waals surface area contributed by atoms with Gasteiger partial charge >= 0.3 is 0 Å². The third kappa shape index (κ3) is 2.03. The average molecular weight is 262 g/mol. The van der Waals surface area contributed by atoms with Gasteiger partial charge in [-0.3, -0.25) is 4.79 Å². The molecule has 0 aliphatic carbocycles. The maximum atomic E-state index is 13.7. The van der Waals surface area contributed by atoms with Crippen molar-refractivity contribution in [2.45, 2.75) is 13.1 Å². The highest BCUT2D eigenvalue weighted by Gasteiger charge is 2.24. The molecule has 6 nitrogen and oxygen atoms in total. The van der Waals surface area contributed by atoms with Crippen LogP contribution in [0.5, 0.6) is 5.75 Å². The molecule has 1 amide bonds. The van der Waals surface area contributed by atoms with E-state index in [2.05, 4.69) is 10.2 Å². The molecular formula is C12H11FN4O2. The first kappa shape index (κ1) is 11.6. The standard InChI is InChI=1S/C12H11FN4O2/c13-10-5-8(18)1-2-9(10)12(19)16-3-4-17-7-14-15-11(17)6-16/h1-2,5,7,18H,3-4,6H2. The van der Waals surface area contributed by atoms with Crippen LogP contribution in [0.2, 0.25) is 0 Å². The van der Waals surface area contributed by atoms with Crippen LogP contribution >= 0.6 is 0 Å². The van der Waals surface area contributed by atoms with Gasteiger partial charge in [0.25, 0.3) is 5.91 Å². The quantitative estimate of drug-likeness (QED) is 0.824. The van der Waals surface area contributed by atoms with Crippen molar-refractivity contribution in [3.8, 4) is 5.75 Å². The number of phenolic OH excluding ortho intramolecular Hbond substituents is 1. The van der Waals surface area contributed by atoms with Gasteiger partial charge in [-0.05, 0) is 12.1 Å². The fourth-order valence-corrected chi connectivity index (χ4v) is 2.09. The van der Waals surface area contributed by atoms with Crippen LogP contribution in [0.1, 0.15) is 16.2 Å². The number of phenols is 1. The molecule has 98 valence electrons. The van der Waals surface area contributed by atoms with Crippen LogP contribution in [-0.2, 0) is 13.1 Å². The minimum absolute atomic E-state index is 0.0502. The number of carbonyl (C=O) groups excluding carboxylic acids is 1. The lowest BCUT2D eigenvalue weighted by Crippen LogP contribution is -2.38. The molecule has 2 heterocycles. The molecule has 1 aromatic carbocycles. The van der Waals surface area contributed by atoms with Crippen LogP contribution in [0.4, 0.5) is 4.39 Å². The number of hydrogen-bond acceptors (Lipinski definition) is 4. The fraction of sp³-hybridized carbons (Fsp3) is 0.250. The number of fused-ring (bicyclic) bond motifs is 1. The van der Waals surface area contributed by atoms with E-state index in [1.807, 2.05) is 4.57 Å². The van der Waals surface area contributed by atoms with Gasteiger partial charge in [-0.25, -0.2) is 4.39 Å². The number of rotatable bonds is 1. The van der Waals surface area contributed by atoms with Gasteiger partial charge in [0.2, 0.25) is 0 Å². The lowest BCUT2D eigenvalue weighted by Gasteiger charge is -2.27. The van der Waals surface area contributed by atoms with Gasteiger partial charge in [-0.15, -0.1) is 10.2 Å². The summed E-state index contributed by atoms with van der Waals surface area (Å²) in [5.41, 5.74) is -0.0502. The van der Waals surface area contributed by atoms with E-state index in [-0.39, 0.29) is 11.3 Å². The second-order valence-electron chi connectivity index (χ2n) is 4.33. The number of benzene rings is 1. The Bertz CT molecular complexity index is 640. The number of carbonyl (C=O) groups is 1. The molecule has 0 radical (unpaired) electrons. The van der Waals surface area contributed by atoms with E-state index in [0.29, 0.717) is 25.5 Å². The molecule has 1 aliphatic heterocycles. The summed E-state index contributed by atoms with van der Waals surface area (Å²) in [6.45, 7) is 1.37.